The van der Waals surface area contributed by atoms with Crippen LogP contribution in [0.25, 0.3) is 0 Å². The average molecular weight is 180 g/mol. The van der Waals surface area contributed by atoms with Gasteiger partial charge in [-0.2, -0.15) is 5.10 Å². The maximum Gasteiger partial charge on any atom is 0.356 e. The van der Waals surface area contributed by atoms with Gasteiger partial charge in [0.05, 0.1) is 12.8 Å². The molecule has 0 unspecified atom stereocenters. The molecule has 1 aliphatic rings. The van der Waals surface area contributed by atoms with Crippen LogP contribution in [0.2, 0.25) is 0 Å². The molecule has 4 heteroatoms. The molecule has 1 aromatic rings. The molecule has 1 fully saturated rings. The van der Waals surface area contributed by atoms with Gasteiger partial charge < -0.3 is 4.74 Å². The minimum absolute atomic E-state index is 0.318. The number of ether oxygens (including phenoxy) is 1. The highest BCUT2D eigenvalue weighted by Gasteiger charge is 2.28. The normalized spacial score (nSPS) is 15.8. The van der Waals surface area contributed by atoms with E-state index >= 15 is 0 Å². The van der Waals surface area contributed by atoms with Gasteiger partial charge in [-0.25, -0.2) is 4.79 Å². The van der Waals surface area contributed by atoms with Crippen LogP contribution in [0.4, 0.5) is 0 Å². The fourth-order valence-electron chi connectivity index (χ4n) is 1.36. The highest BCUT2D eigenvalue weighted by molar-refractivity contribution is 5.87. The lowest BCUT2D eigenvalue weighted by atomic mass is 10.3. The van der Waals surface area contributed by atoms with Crippen molar-refractivity contribution in [2.75, 3.05) is 7.11 Å². The molecule has 0 bridgehead atoms. The molecular weight excluding hydrogens is 168 g/mol. The lowest BCUT2D eigenvalue weighted by molar-refractivity contribution is 0.0588. The molecule has 0 saturated heterocycles. The molecule has 13 heavy (non-hydrogen) atoms. The molecule has 0 aromatic carbocycles. The third-order valence-electron chi connectivity index (χ3n) is 2.29. The Morgan fingerprint density at radius 2 is 2.38 bits per heavy atom. The summed E-state index contributed by atoms with van der Waals surface area (Å²) in [7, 11) is 3.14. The summed E-state index contributed by atoms with van der Waals surface area (Å²) in [5.41, 5.74) is 1.55. The summed E-state index contributed by atoms with van der Waals surface area (Å²) in [6.45, 7) is 0. The quantitative estimate of drug-likeness (QED) is 0.640. The van der Waals surface area contributed by atoms with Crippen molar-refractivity contribution in [1.29, 1.82) is 0 Å². The van der Waals surface area contributed by atoms with Gasteiger partial charge >= 0.3 is 5.97 Å². The highest BCUT2D eigenvalue weighted by Crippen LogP contribution is 2.39. The molecule has 0 aliphatic heterocycles. The predicted octanol–water partition coefficient (Wildman–Crippen LogP) is 1.08. The van der Waals surface area contributed by atoms with Crippen molar-refractivity contribution in [3.63, 3.8) is 0 Å². The van der Waals surface area contributed by atoms with Gasteiger partial charge in [0.15, 0.2) is 0 Å². The van der Waals surface area contributed by atoms with E-state index in [1.807, 2.05) is 6.07 Å². The van der Waals surface area contributed by atoms with Crippen LogP contribution < -0.4 is 0 Å². The van der Waals surface area contributed by atoms with Crippen molar-refractivity contribution in [3.8, 4) is 0 Å². The Labute approximate surface area is 76.5 Å². The molecule has 2 rings (SSSR count). The SMILES string of the molecule is COC(=O)c1cc(C2CC2)nn1C. The van der Waals surface area contributed by atoms with E-state index in [1.54, 1.807) is 11.7 Å². The smallest absolute Gasteiger partial charge is 0.356 e. The number of nitrogens with zero attached hydrogens (tertiary/aromatic N) is 2. The predicted molar refractivity (Wildman–Crippen MR) is 46.5 cm³/mol. The van der Waals surface area contributed by atoms with E-state index in [9.17, 15) is 4.79 Å². The molecule has 0 N–H and O–H groups in total. The van der Waals surface area contributed by atoms with E-state index in [0.717, 1.165) is 5.69 Å². The second-order valence-electron chi connectivity index (χ2n) is 3.34. The Bertz CT molecular complexity index is 339. The summed E-state index contributed by atoms with van der Waals surface area (Å²) in [5.74, 6) is 0.256. The van der Waals surface area contributed by atoms with Gasteiger partial charge in [-0.1, -0.05) is 0 Å². The van der Waals surface area contributed by atoms with Crippen molar-refractivity contribution < 1.29 is 9.53 Å². The molecule has 0 spiro atoms. The zero-order chi connectivity index (χ0) is 9.42. The van der Waals surface area contributed by atoms with Crippen LogP contribution in [-0.2, 0) is 11.8 Å². The fourth-order valence-corrected chi connectivity index (χ4v) is 1.36. The summed E-state index contributed by atoms with van der Waals surface area (Å²) in [6, 6.07) is 1.82. The summed E-state index contributed by atoms with van der Waals surface area (Å²) in [5, 5.41) is 4.26. The minimum atomic E-state index is -0.318. The number of carbonyl (C=O) groups excluding carboxylic acids is 1. The molecule has 1 heterocycles. The van der Waals surface area contributed by atoms with Crippen LogP contribution in [0.3, 0.4) is 0 Å². The first kappa shape index (κ1) is 8.29. The van der Waals surface area contributed by atoms with E-state index in [0.29, 0.717) is 11.6 Å². The van der Waals surface area contributed by atoms with E-state index in [2.05, 4.69) is 9.84 Å². The maximum atomic E-state index is 11.2. The molecule has 4 nitrogen and oxygen atoms in total. The second-order valence-corrected chi connectivity index (χ2v) is 3.34. The number of methoxy groups -OCH3 is 1. The Morgan fingerprint density at radius 3 is 2.92 bits per heavy atom. The van der Waals surface area contributed by atoms with Gasteiger partial charge in [0, 0.05) is 13.0 Å². The maximum absolute atomic E-state index is 11.2. The number of aromatic nitrogens is 2. The van der Waals surface area contributed by atoms with E-state index in [-0.39, 0.29) is 5.97 Å². The summed E-state index contributed by atoms with van der Waals surface area (Å²) in [4.78, 5) is 11.2. The number of rotatable bonds is 2. The lowest BCUT2D eigenvalue weighted by Gasteiger charge is -1.96. The number of esters is 1. The molecular formula is C9H12N2O2. The van der Waals surface area contributed by atoms with Crippen LogP contribution in [0.5, 0.6) is 0 Å². The van der Waals surface area contributed by atoms with Crippen LogP contribution >= 0.6 is 0 Å². The van der Waals surface area contributed by atoms with E-state index in [1.165, 1.54) is 20.0 Å². The zero-order valence-corrected chi connectivity index (χ0v) is 7.78. The van der Waals surface area contributed by atoms with E-state index in [4.69, 9.17) is 0 Å². The first-order valence-corrected chi connectivity index (χ1v) is 4.34. The van der Waals surface area contributed by atoms with Crippen LogP contribution in [0, 0.1) is 0 Å². The van der Waals surface area contributed by atoms with Crippen LogP contribution in [-0.4, -0.2) is 22.9 Å². The number of hydrogen-bond acceptors (Lipinski definition) is 3. The van der Waals surface area contributed by atoms with Gasteiger partial charge in [0.1, 0.15) is 5.69 Å². The van der Waals surface area contributed by atoms with Gasteiger partial charge in [-0.3, -0.25) is 4.68 Å². The standard InChI is InChI=1S/C9H12N2O2/c1-11-8(9(12)13-2)5-7(10-11)6-3-4-6/h5-6H,3-4H2,1-2H3. The van der Waals surface area contributed by atoms with Gasteiger partial charge in [-0.05, 0) is 18.9 Å². The van der Waals surface area contributed by atoms with Crippen LogP contribution in [0.15, 0.2) is 6.07 Å². The Hall–Kier alpha value is -1.32. The van der Waals surface area contributed by atoms with Crippen LogP contribution in [0.1, 0.15) is 34.9 Å². The van der Waals surface area contributed by atoms with Crippen molar-refractivity contribution in [2.45, 2.75) is 18.8 Å². The molecule has 70 valence electrons. The van der Waals surface area contributed by atoms with Gasteiger partial charge in [-0.15, -0.1) is 0 Å². The van der Waals surface area contributed by atoms with Crippen molar-refractivity contribution in [2.24, 2.45) is 7.05 Å². The lowest BCUT2D eigenvalue weighted by Crippen LogP contribution is -2.07. The van der Waals surface area contributed by atoms with E-state index < -0.39 is 0 Å². The molecule has 0 amide bonds. The third-order valence-corrected chi connectivity index (χ3v) is 2.29. The van der Waals surface area contributed by atoms with Gasteiger partial charge in [0.2, 0.25) is 0 Å². The monoisotopic (exact) mass is 180 g/mol. The van der Waals surface area contributed by atoms with Crippen molar-refractivity contribution >= 4 is 5.97 Å². The largest absolute Gasteiger partial charge is 0.464 e. The average Bonchev–Trinajstić information content (AvgIpc) is 2.89. The number of aryl methyl sites for hydroxylation is 1. The minimum Gasteiger partial charge on any atom is -0.464 e. The Balaban J connectivity index is 2.29. The molecule has 0 radical (unpaired) electrons. The number of carbonyl (C=O) groups is 1. The topological polar surface area (TPSA) is 44.1 Å². The zero-order valence-electron chi connectivity index (χ0n) is 7.78. The Kier molecular flexibility index (Phi) is 1.83. The molecule has 1 aromatic heterocycles. The first-order chi connectivity index (χ1) is 6.22. The first-order valence-electron chi connectivity index (χ1n) is 4.34. The third kappa shape index (κ3) is 1.43. The van der Waals surface area contributed by atoms with Crippen molar-refractivity contribution in [1.82, 2.24) is 9.78 Å². The summed E-state index contributed by atoms with van der Waals surface area (Å²) >= 11 is 0. The van der Waals surface area contributed by atoms with Gasteiger partial charge in [0.25, 0.3) is 0 Å². The molecule has 1 aliphatic carbocycles. The summed E-state index contributed by atoms with van der Waals surface area (Å²) < 4.78 is 6.21. The highest BCUT2D eigenvalue weighted by atomic mass is 16.5. The fraction of sp³-hybridized carbons (Fsp3) is 0.556. The second kappa shape index (κ2) is 2.87. The Morgan fingerprint density at radius 1 is 1.69 bits per heavy atom. The number of hydrogen-bond donors (Lipinski definition) is 0. The summed E-state index contributed by atoms with van der Waals surface area (Å²) in [6.07, 6.45) is 2.38. The van der Waals surface area contributed by atoms with Crippen molar-refractivity contribution in [3.05, 3.63) is 17.5 Å². The molecule has 1 saturated carbocycles. The molecule has 0 atom stereocenters.